The van der Waals surface area contributed by atoms with Gasteiger partial charge in [-0.25, -0.2) is 17.6 Å². The van der Waals surface area contributed by atoms with Crippen molar-refractivity contribution in [2.75, 3.05) is 4.72 Å². The lowest BCUT2D eigenvalue weighted by atomic mass is 10.2. The van der Waals surface area contributed by atoms with Crippen molar-refractivity contribution < 1.29 is 22.7 Å². The zero-order valence-electron chi connectivity index (χ0n) is 11.2. The van der Waals surface area contributed by atoms with Crippen LogP contribution in [0.15, 0.2) is 29.3 Å². The molecule has 2 N–H and O–H groups in total. The molecule has 7 nitrogen and oxygen atoms in total. The Hall–Kier alpha value is -2.42. The summed E-state index contributed by atoms with van der Waals surface area (Å²) in [6, 6.07) is 3.43. The number of carboxylic acid groups (broad SMARTS) is 1. The molecular formula is C12H12FN3O4S. The number of aromatic nitrogens is 2. The molecule has 2 rings (SSSR count). The Morgan fingerprint density at radius 1 is 1.43 bits per heavy atom. The summed E-state index contributed by atoms with van der Waals surface area (Å²) in [5.41, 5.74) is 0.00867. The molecule has 0 aliphatic heterocycles. The standard InChI is InChI=1S/C12H12FN3O4S/c1-7-3-4-8(5-10(7)13)21(19,20)15-11-9(12(17)18)6-14-16(11)2/h3-6,15H,1-2H3,(H,17,18). The highest BCUT2D eigenvalue weighted by molar-refractivity contribution is 7.92. The molecule has 2 aromatic rings. The van der Waals surface area contributed by atoms with Gasteiger partial charge in [0.2, 0.25) is 0 Å². The molecule has 1 aromatic carbocycles. The number of carboxylic acids is 1. The molecule has 0 saturated heterocycles. The van der Waals surface area contributed by atoms with Gasteiger partial charge in [0.15, 0.2) is 5.82 Å². The number of carbonyl (C=O) groups is 1. The fraction of sp³-hybridized carbons (Fsp3) is 0.167. The molecule has 0 aliphatic carbocycles. The van der Waals surface area contributed by atoms with Crippen molar-refractivity contribution in [2.24, 2.45) is 7.05 Å². The lowest BCUT2D eigenvalue weighted by Crippen LogP contribution is -2.17. The Balaban J connectivity index is 2.44. The van der Waals surface area contributed by atoms with Crippen molar-refractivity contribution >= 4 is 21.8 Å². The van der Waals surface area contributed by atoms with Crippen molar-refractivity contribution in [3.8, 4) is 0 Å². The van der Waals surface area contributed by atoms with Crippen LogP contribution in [0.1, 0.15) is 15.9 Å². The van der Waals surface area contributed by atoms with Gasteiger partial charge >= 0.3 is 5.97 Å². The normalized spacial score (nSPS) is 11.4. The quantitative estimate of drug-likeness (QED) is 0.887. The third-order valence-electron chi connectivity index (χ3n) is 2.85. The molecule has 0 atom stereocenters. The predicted molar refractivity (Wildman–Crippen MR) is 72.1 cm³/mol. The van der Waals surface area contributed by atoms with Gasteiger partial charge in [-0.3, -0.25) is 9.40 Å². The predicted octanol–water partition coefficient (Wildman–Crippen LogP) is 1.37. The summed E-state index contributed by atoms with van der Waals surface area (Å²) < 4.78 is 41.0. The number of aryl methyl sites for hydroxylation is 2. The van der Waals surface area contributed by atoms with E-state index in [2.05, 4.69) is 9.82 Å². The first-order valence-corrected chi connectivity index (χ1v) is 7.25. The molecule has 0 saturated carbocycles. The van der Waals surface area contributed by atoms with Gasteiger partial charge in [-0.15, -0.1) is 0 Å². The van der Waals surface area contributed by atoms with Crippen molar-refractivity contribution in [3.63, 3.8) is 0 Å². The first-order valence-electron chi connectivity index (χ1n) is 5.76. The number of hydrogen-bond donors (Lipinski definition) is 2. The molecule has 112 valence electrons. The van der Waals surface area contributed by atoms with Crippen LogP contribution in [0.2, 0.25) is 0 Å². The van der Waals surface area contributed by atoms with Crippen LogP contribution < -0.4 is 4.72 Å². The SMILES string of the molecule is Cc1ccc(S(=O)(=O)Nc2c(C(=O)O)cnn2C)cc1F. The molecule has 0 unspecified atom stereocenters. The maximum atomic E-state index is 13.5. The van der Waals surface area contributed by atoms with E-state index in [1.807, 2.05) is 0 Å². The third kappa shape index (κ3) is 2.87. The monoisotopic (exact) mass is 313 g/mol. The maximum absolute atomic E-state index is 13.5. The van der Waals surface area contributed by atoms with Gasteiger partial charge in [-0.1, -0.05) is 6.07 Å². The summed E-state index contributed by atoms with van der Waals surface area (Å²) in [5, 5.41) is 12.7. The largest absolute Gasteiger partial charge is 0.477 e. The highest BCUT2D eigenvalue weighted by atomic mass is 32.2. The van der Waals surface area contributed by atoms with Crippen LogP contribution in [0, 0.1) is 12.7 Å². The number of nitrogens with one attached hydrogen (secondary N) is 1. The fourth-order valence-corrected chi connectivity index (χ4v) is 2.76. The van der Waals surface area contributed by atoms with E-state index in [1.165, 1.54) is 26.1 Å². The number of hydrogen-bond acceptors (Lipinski definition) is 4. The summed E-state index contributed by atoms with van der Waals surface area (Å²) in [5.74, 6) is -2.19. The minimum absolute atomic E-state index is 0.205. The van der Waals surface area contributed by atoms with Crippen molar-refractivity contribution in [2.45, 2.75) is 11.8 Å². The second-order valence-electron chi connectivity index (χ2n) is 4.35. The Labute approximate surface area is 120 Å². The number of anilines is 1. The smallest absolute Gasteiger partial charge is 0.341 e. The third-order valence-corrected chi connectivity index (χ3v) is 4.19. The topological polar surface area (TPSA) is 101 Å². The van der Waals surface area contributed by atoms with Crippen LogP contribution in [0.25, 0.3) is 0 Å². The first kappa shape index (κ1) is 15.0. The number of sulfonamides is 1. The average Bonchev–Trinajstić information content (AvgIpc) is 2.74. The summed E-state index contributed by atoms with van der Waals surface area (Å²) >= 11 is 0. The van der Waals surface area contributed by atoms with Gasteiger partial charge in [0.25, 0.3) is 10.0 Å². The number of aromatic carboxylic acids is 1. The molecule has 1 aromatic heterocycles. The van der Waals surface area contributed by atoms with Crippen LogP contribution in [0.5, 0.6) is 0 Å². The lowest BCUT2D eigenvalue weighted by Gasteiger charge is -2.10. The zero-order valence-corrected chi connectivity index (χ0v) is 12.0. The fourth-order valence-electron chi connectivity index (χ4n) is 1.64. The zero-order chi connectivity index (χ0) is 15.8. The van der Waals surface area contributed by atoms with Crippen molar-refractivity contribution in [1.82, 2.24) is 9.78 Å². The Morgan fingerprint density at radius 2 is 2.10 bits per heavy atom. The van der Waals surface area contributed by atoms with Gasteiger partial charge in [-0.2, -0.15) is 5.10 Å². The number of halogens is 1. The molecule has 1 heterocycles. The van der Waals surface area contributed by atoms with E-state index in [9.17, 15) is 17.6 Å². The van der Waals surface area contributed by atoms with Gasteiger partial charge < -0.3 is 5.11 Å². The van der Waals surface area contributed by atoms with Crippen LogP contribution in [0.3, 0.4) is 0 Å². The maximum Gasteiger partial charge on any atom is 0.341 e. The van der Waals surface area contributed by atoms with Crippen LogP contribution in [-0.4, -0.2) is 29.3 Å². The van der Waals surface area contributed by atoms with Crippen LogP contribution >= 0.6 is 0 Å². The second-order valence-corrected chi connectivity index (χ2v) is 6.03. The molecule has 0 aliphatic rings. The van der Waals surface area contributed by atoms with E-state index in [0.29, 0.717) is 5.56 Å². The van der Waals surface area contributed by atoms with E-state index >= 15 is 0 Å². The number of benzene rings is 1. The second kappa shape index (κ2) is 5.17. The molecule has 0 fully saturated rings. The molecule has 0 spiro atoms. The van der Waals surface area contributed by atoms with Gasteiger partial charge in [0.1, 0.15) is 11.4 Å². The van der Waals surface area contributed by atoms with Crippen molar-refractivity contribution in [3.05, 3.63) is 41.3 Å². The van der Waals surface area contributed by atoms with E-state index in [4.69, 9.17) is 5.11 Å². The Kier molecular flexibility index (Phi) is 3.69. The molecule has 21 heavy (non-hydrogen) atoms. The van der Waals surface area contributed by atoms with Crippen molar-refractivity contribution in [1.29, 1.82) is 0 Å². The number of nitrogens with zero attached hydrogens (tertiary/aromatic N) is 2. The molecule has 9 heteroatoms. The first-order chi connectivity index (χ1) is 9.72. The average molecular weight is 313 g/mol. The highest BCUT2D eigenvalue weighted by Gasteiger charge is 2.22. The van der Waals surface area contributed by atoms with Gasteiger partial charge in [-0.05, 0) is 24.6 Å². The molecule has 0 radical (unpaired) electrons. The van der Waals surface area contributed by atoms with E-state index in [-0.39, 0.29) is 16.3 Å². The Morgan fingerprint density at radius 3 is 2.67 bits per heavy atom. The molecule has 0 amide bonds. The minimum Gasteiger partial charge on any atom is -0.477 e. The van der Waals surface area contributed by atoms with Gasteiger partial charge in [0.05, 0.1) is 11.1 Å². The number of rotatable bonds is 4. The minimum atomic E-state index is -4.12. The van der Waals surface area contributed by atoms with E-state index in [1.54, 1.807) is 0 Å². The highest BCUT2D eigenvalue weighted by Crippen LogP contribution is 2.21. The van der Waals surface area contributed by atoms with E-state index in [0.717, 1.165) is 16.9 Å². The summed E-state index contributed by atoms with van der Waals surface area (Å²) in [6.07, 6.45) is 1.02. The lowest BCUT2D eigenvalue weighted by molar-refractivity contribution is 0.0698. The molecule has 0 bridgehead atoms. The summed E-state index contributed by atoms with van der Waals surface area (Å²) in [6.45, 7) is 1.50. The van der Waals surface area contributed by atoms with Crippen LogP contribution in [0.4, 0.5) is 10.2 Å². The van der Waals surface area contributed by atoms with E-state index < -0.39 is 21.8 Å². The van der Waals surface area contributed by atoms with Crippen LogP contribution in [-0.2, 0) is 17.1 Å². The molecular weight excluding hydrogens is 301 g/mol. The Bertz CT molecular complexity index is 814. The van der Waals surface area contributed by atoms with Gasteiger partial charge in [0, 0.05) is 7.05 Å². The summed E-state index contributed by atoms with van der Waals surface area (Å²) in [7, 11) is -2.73. The summed E-state index contributed by atoms with van der Waals surface area (Å²) in [4.78, 5) is 10.7.